The van der Waals surface area contributed by atoms with Gasteiger partial charge in [-0.1, -0.05) is 30.3 Å². The van der Waals surface area contributed by atoms with Crippen LogP contribution in [0.1, 0.15) is 39.2 Å². The van der Waals surface area contributed by atoms with Crippen LogP contribution in [0.15, 0.2) is 30.3 Å². The molecule has 0 saturated carbocycles. The maximum atomic E-state index is 12.6. The van der Waals surface area contributed by atoms with Gasteiger partial charge in [-0.3, -0.25) is 0 Å². The first-order valence-electron chi connectivity index (χ1n) is 9.42. The highest BCUT2D eigenvalue weighted by Crippen LogP contribution is 2.30. The molecule has 0 bridgehead atoms. The van der Waals surface area contributed by atoms with Crippen LogP contribution in [0.3, 0.4) is 0 Å². The number of carbonyl (C=O) groups excluding carboxylic acids is 2. The number of nitrogens with zero attached hydrogens (tertiary/aromatic N) is 1. The van der Waals surface area contributed by atoms with E-state index in [0.29, 0.717) is 13.2 Å². The number of alkyl carbamates (subject to hydrolysis) is 1. The molecule has 2 saturated heterocycles. The number of carbonyl (C=O) groups is 2. The van der Waals surface area contributed by atoms with E-state index in [4.69, 9.17) is 14.2 Å². The van der Waals surface area contributed by atoms with E-state index < -0.39 is 11.7 Å². The Labute approximate surface area is 160 Å². The highest BCUT2D eigenvalue weighted by molar-refractivity contribution is 5.71. The number of ether oxygens (including phenoxy) is 3. The van der Waals surface area contributed by atoms with E-state index in [1.807, 2.05) is 51.1 Å². The first-order chi connectivity index (χ1) is 12.8. The van der Waals surface area contributed by atoms with E-state index in [1.54, 1.807) is 4.90 Å². The first kappa shape index (κ1) is 19.5. The molecule has 0 aromatic heterocycles. The molecule has 1 aromatic carbocycles. The first-order valence-corrected chi connectivity index (χ1v) is 9.42. The van der Waals surface area contributed by atoms with Gasteiger partial charge in [0.15, 0.2) is 0 Å². The third-order valence-corrected chi connectivity index (χ3v) is 4.67. The molecule has 0 unspecified atom stereocenters. The lowest BCUT2D eigenvalue weighted by Crippen LogP contribution is -2.48. The predicted octanol–water partition coefficient (Wildman–Crippen LogP) is 3.08. The van der Waals surface area contributed by atoms with Crippen LogP contribution >= 0.6 is 0 Å². The van der Waals surface area contributed by atoms with Crippen molar-refractivity contribution in [3.63, 3.8) is 0 Å². The molecule has 3 rings (SSSR count). The molecule has 7 nitrogen and oxygen atoms in total. The lowest BCUT2D eigenvalue weighted by Gasteiger charge is -2.33. The normalized spacial score (nSPS) is 24.9. The van der Waals surface area contributed by atoms with E-state index in [1.165, 1.54) is 0 Å². The van der Waals surface area contributed by atoms with Crippen LogP contribution in [0.5, 0.6) is 0 Å². The fourth-order valence-electron chi connectivity index (χ4n) is 3.53. The third kappa shape index (κ3) is 5.13. The minimum atomic E-state index is -0.567. The summed E-state index contributed by atoms with van der Waals surface area (Å²) < 4.78 is 16.7. The summed E-state index contributed by atoms with van der Waals surface area (Å²) in [5.41, 5.74) is 0.351. The number of hydrogen-bond acceptors (Lipinski definition) is 5. The maximum absolute atomic E-state index is 12.6. The molecule has 2 heterocycles. The molecule has 1 N–H and O–H groups in total. The van der Waals surface area contributed by atoms with Gasteiger partial charge in [-0.05, 0) is 39.2 Å². The second-order valence-corrected chi connectivity index (χ2v) is 7.99. The van der Waals surface area contributed by atoms with E-state index in [9.17, 15) is 9.59 Å². The van der Waals surface area contributed by atoms with Crippen molar-refractivity contribution in [3.8, 4) is 0 Å². The molecular formula is C20H28N2O5. The smallest absolute Gasteiger partial charge is 0.410 e. The van der Waals surface area contributed by atoms with E-state index in [2.05, 4.69) is 5.32 Å². The zero-order chi connectivity index (χ0) is 19.4. The molecule has 1 aromatic rings. The van der Waals surface area contributed by atoms with Crippen molar-refractivity contribution in [2.24, 2.45) is 0 Å². The van der Waals surface area contributed by atoms with Crippen molar-refractivity contribution in [1.29, 1.82) is 0 Å². The zero-order valence-electron chi connectivity index (χ0n) is 16.1. The number of likely N-dealkylation sites (tertiary alicyclic amines) is 1. The maximum Gasteiger partial charge on any atom is 0.410 e. The lowest BCUT2D eigenvalue weighted by atomic mass is 10.0. The summed E-state index contributed by atoms with van der Waals surface area (Å²) in [7, 11) is 0. The molecule has 27 heavy (non-hydrogen) atoms. The van der Waals surface area contributed by atoms with Crippen molar-refractivity contribution >= 4 is 12.2 Å². The fraction of sp³-hybridized carbons (Fsp3) is 0.600. The van der Waals surface area contributed by atoms with Crippen LogP contribution in [0.25, 0.3) is 0 Å². The van der Waals surface area contributed by atoms with Crippen LogP contribution in [0.4, 0.5) is 9.59 Å². The van der Waals surface area contributed by atoms with Gasteiger partial charge >= 0.3 is 12.2 Å². The number of nitrogens with one attached hydrogen (secondary N) is 1. The Morgan fingerprint density at radius 2 is 2.00 bits per heavy atom. The second kappa shape index (κ2) is 8.17. The molecule has 7 heteroatoms. The molecule has 0 aliphatic carbocycles. The van der Waals surface area contributed by atoms with Gasteiger partial charge in [-0.25, -0.2) is 9.59 Å². The Balaban J connectivity index is 1.59. The van der Waals surface area contributed by atoms with Crippen LogP contribution < -0.4 is 5.32 Å². The summed E-state index contributed by atoms with van der Waals surface area (Å²) in [6.07, 6.45) is 0.593. The van der Waals surface area contributed by atoms with Gasteiger partial charge < -0.3 is 24.4 Å². The second-order valence-electron chi connectivity index (χ2n) is 7.99. The molecule has 0 spiro atoms. The Kier molecular flexibility index (Phi) is 5.89. The number of benzene rings is 1. The summed E-state index contributed by atoms with van der Waals surface area (Å²) in [5.74, 6) is 0. The molecular weight excluding hydrogens is 348 g/mol. The molecule has 2 fully saturated rings. The molecule has 0 radical (unpaired) electrons. The highest BCUT2D eigenvalue weighted by atomic mass is 16.6. The largest absolute Gasteiger partial charge is 0.445 e. The number of fused-ring (bicyclic) bond motifs is 1. The fourth-order valence-corrected chi connectivity index (χ4v) is 3.53. The summed E-state index contributed by atoms with van der Waals surface area (Å²) in [5, 5.41) is 2.86. The Morgan fingerprint density at radius 3 is 2.70 bits per heavy atom. The van der Waals surface area contributed by atoms with Crippen LogP contribution in [0, 0.1) is 0 Å². The number of rotatable bonds is 3. The molecule has 148 valence electrons. The predicted molar refractivity (Wildman–Crippen MR) is 99.3 cm³/mol. The van der Waals surface area contributed by atoms with Crippen LogP contribution in [-0.2, 0) is 20.8 Å². The molecule has 3 atom stereocenters. The van der Waals surface area contributed by atoms with Gasteiger partial charge in [0, 0.05) is 13.2 Å². The summed E-state index contributed by atoms with van der Waals surface area (Å²) >= 11 is 0. The number of hydrogen-bond donors (Lipinski definition) is 1. The van der Waals surface area contributed by atoms with Gasteiger partial charge in [-0.15, -0.1) is 0 Å². The van der Waals surface area contributed by atoms with Crippen molar-refractivity contribution in [2.75, 3.05) is 13.2 Å². The van der Waals surface area contributed by atoms with E-state index in [0.717, 1.165) is 18.4 Å². The van der Waals surface area contributed by atoms with Gasteiger partial charge in [0.05, 0.1) is 18.2 Å². The average molecular weight is 376 g/mol. The molecule has 2 aliphatic rings. The lowest BCUT2D eigenvalue weighted by molar-refractivity contribution is -0.0290. The van der Waals surface area contributed by atoms with Crippen molar-refractivity contribution < 1.29 is 23.8 Å². The minimum absolute atomic E-state index is 0.0898. The average Bonchev–Trinajstić information content (AvgIpc) is 2.98. The Hall–Kier alpha value is -2.28. The van der Waals surface area contributed by atoms with Gasteiger partial charge in [0.2, 0.25) is 0 Å². The third-order valence-electron chi connectivity index (χ3n) is 4.67. The van der Waals surface area contributed by atoms with Crippen LogP contribution in [-0.4, -0.2) is 54.0 Å². The quantitative estimate of drug-likeness (QED) is 0.877. The summed E-state index contributed by atoms with van der Waals surface area (Å²) in [6, 6.07) is 9.09. The standard InChI is InChI=1S/C20H28N2O5/c1-20(2,3)27-19(24)22-12-15(17-16(22)10-7-11-25-17)21-18(23)26-13-14-8-5-4-6-9-14/h4-6,8-9,15-17H,7,10-13H2,1-3H3,(H,21,23)/t15-,16-,17-/m1/s1. The van der Waals surface area contributed by atoms with Gasteiger partial charge in [-0.2, -0.15) is 0 Å². The zero-order valence-corrected chi connectivity index (χ0v) is 16.1. The van der Waals surface area contributed by atoms with Crippen molar-refractivity contribution in [3.05, 3.63) is 35.9 Å². The Bertz CT molecular complexity index is 658. The topological polar surface area (TPSA) is 77.1 Å². The van der Waals surface area contributed by atoms with Gasteiger partial charge in [0.25, 0.3) is 0 Å². The van der Waals surface area contributed by atoms with Crippen molar-refractivity contribution in [2.45, 2.75) is 64.0 Å². The minimum Gasteiger partial charge on any atom is -0.445 e. The van der Waals surface area contributed by atoms with Crippen molar-refractivity contribution in [1.82, 2.24) is 10.2 Å². The monoisotopic (exact) mass is 376 g/mol. The molecule has 2 amide bonds. The highest BCUT2D eigenvalue weighted by Gasteiger charge is 2.48. The van der Waals surface area contributed by atoms with Gasteiger partial charge in [0.1, 0.15) is 12.2 Å². The van der Waals surface area contributed by atoms with E-state index >= 15 is 0 Å². The van der Waals surface area contributed by atoms with Crippen LogP contribution in [0.2, 0.25) is 0 Å². The molecule has 2 aliphatic heterocycles. The number of amides is 2. The SMILES string of the molecule is CC(C)(C)OC(=O)N1C[C@@H](NC(=O)OCc2ccccc2)[C@H]2OCCC[C@H]21. The van der Waals surface area contributed by atoms with E-state index in [-0.39, 0.29) is 30.9 Å². The summed E-state index contributed by atoms with van der Waals surface area (Å²) in [6.45, 7) is 6.70. The Morgan fingerprint density at radius 1 is 1.26 bits per heavy atom. The summed E-state index contributed by atoms with van der Waals surface area (Å²) in [4.78, 5) is 26.5.